The summed E-state index contributed by atoms with van der Waals surface area (Å²) in [5.74, 6) is 5.52. The van der Waals surface area contributed by atoms with Gasteiger partial charge in [-0.3, -0.25) is 19.9 Å². The fourth-order valence-corrected chi connectivity index (χ4v) is 4.43. The monoisotopic (exact) mass is 469 g/mol. The molecule has 4 rings (SSSR count). The van der Waals surface area contributed by atoms with Crippen molar-refractivity contribution in [1.29, 1.82) is 0 Å². The lowest BCUT2D eigenvalue weighted by molar-refractivity contribution is -0.385. The van der Waals surface area contributed by atoms with Gasteiger partial charge < -0.3 is 15.6 Å². The summed E-state index contributed by atoms with van der Waals surface area (Å²) >= 11 is 0. The lowest BCUT2D eigenvalue weighted by Crippen LogP contribution is -2.44. The zero-order chi connectivity index (χ0) is 24.5. The highest BCUT2D eigenvalue weighted by Gasteiger charge is 2.41. The van der Waals surface area contributed by atoms with Crippen LogP contribution in [0.1, 0.15) is 32.3 Å². The highest BCUT2D eigenvalue weighted by molar-refractivity contribution is 5.60. The fraction of sp³-hybridized carbons (Fsp3) is 0.458. The average Bonchev–Trinajstić information content (AvgIpc) is 3.44. The van der Waals surface area contributed by atoms with Gasteiger partial charge in [0.15, 0.2) is 11.6 Å². The number of non-ortho nitro benzene ring substituents is 1. The number of aliphatic hydroxyl groups excluding tert-OH is 1. The summed E-state index contributed by atoms with van der Waals surface area (Å²) < 4.78 is 20.0. The number of nitro groups is 1. The van der Waals surface area contributed by atoms with Crippen LogP contribution in [0.25, 0.3) is 0 Å². The van der Waals surface area contributed by atoms with Crippen LogP contribution in [-0.4, -0.2) is 68.7 Å². The first-order valence-corrected chi connectivity index (χ1v) is 11.2. The molecule has 0 aliphatic carbocycles. The molecule has 0 saturated carbocycles. The van der Waals surface area contributed by atoms with Gasteiger partial charge in [0.1, 0.15) is 17.1 Å². The molecule has 0 spiro atoms. The van der Waals surface area contributed by atoms with Crippen molar-refractivity contribution in [3.8, 4) is 23.3 Å². The average molecular weight is 470 g/mol. The highest BCUT2D eigenvalue weighted by atomic mass is 19.1. The van der Waals surface area contributed by atoms with Gasteiger partial charge in [0, 0.05) is 37.5 Å². The number of nitrogen functional groups attached to an aromatic ring is 1. The van der Waals surface area contributed by atoms with Crippen LogP contribution >= 0.6 is 0 Å². The Hall–Kier alpha value is -3.26. The number of aliphatic hydroxyl groups is 1. The molecule has 34 heavy (non-hydrogen) atoms. The maximum absolute atomic E-state index is 14.4. The van der Waals surface area contributed by atoms with E-state index in [9.17, 15) is 19.6 Å². The Bertz CT molecular complexity index is 1140. The predicted octanol–water partition coefficient (Wildman–Crippen LogP) is 2.77. The molecule has 180 valence electrons. The number of β-amino-alcohol motifs (C(OH)–C–C–N with tert-alkyl or cyclic N) is 1. The van der Waals surface area contributed by atoms with Crippen LogP contribution in [0, 0.1) is 27.8 Å². The maximum Gasteiger partial charge on any atom is 0.272 e. The Kier molecular flexibility index (Phi) is 6.70. The highest BCUT2D eigenvalue weighted by Crippen LogP contribution is 2.32. The Balaban J connectivity index is 1.56. The first-order valence-electron chi connectivity index (χ1n) is 11.2. The molecule has 0 unspecified atom stereocenters. The van der Waals surface area contributed by atoms with E-state index in [0.29, 0.717) is 18.7 Å². The van der Waals surface area contributed by atoms with Gasteiger partial charge in [0.25, 0.3) is 5.69 Å². The lowest BCUT2D eigenvalue weighted by atomic mass is 10.0. The van der Waals surface area contributed by atoms with E-state index in [0.717, 1.165) is 38.1 Å². The normalized spacial score (nSPS) is 21.3. The maximum atomic E-state index is 14.4. The summed E-state index contributed by atoms with van der Waals surface area (Å²) in [7, 11) is 0. The van der Waals surface area contributed by atoms with Crippen molar-refractivity contribution in [2.75, 3.05) is 31.9 Å². The minimum atomic E-state index is -0.872. The molecule has 2 aromatic rings. The lowest BCUT2D eigenvalue weighted by Gasteiger charge is -2.31. The zero-order valence-electron chi connectivity index (χ0n) is 19.2. The molecule has 0 bridgehead atoms. The largest absolute Gasteiger partial charge is 0.453 e. The topological polar surface area (TPSA) is 118 Å². The van der Waals surface area contributed by atoms with Crippen LogP contribution in [0.3, 0.4) is 0 Å². The fourth-order valence-electron chi connectivity index (χ4n) is 4.43. The molecule has 1 aromatic heterocycles. The van der Waals surface area contributed by atoms with Crippen molar-refractivity contribution in [2.45, 2.75) is 44.4 Å². The standard InChI is InChI=1S/C24H28FN5O4/c1-24(2,29-14-19(20(31)15-29)28-11-3-4-12-28)9-7-17-21(8-10-27-23(17)26)34-22-6-5-16(30(32)33)13-18(22)25/h5-6,8,10,13,19-20,31H,3-4,11-12,14-15H2,1-2H3,(H2,26,27)/t19-,20-/m1/s1. The second-order valence-electron chi connectivity index (χ2n) is 9.13. The molecular weight excluding hydrogens is 441 g/mol. The van der Waals surface area contributed by atoms with Gasteiger partial charge in [0.2, 0.25) is 0 Å². The first-order chi connectivity index (χ1) is 16.2. The first kappa shape index (κ1) is 23.9. The smallest absolute Gasteiger partial charge is 0.272 e. The Morgan fingerprint density at radius 2 is 2.00 bits per heavy atom. The van der Waals surface area contributed by atoms with Crippen LogP contribution in [0.4, 0.5) is 15.9 Å². The van der Waals surface area contributed by atoms with Crippen LogP contribution in [-0.2, 0) is 0 Å². The number of pyridine rings is 1. The van der Waals surface area contributed by atoms with Crippen molar-refractivity contribution in [2.24, 2.45) is 0 Å². The number of ether oxygens (including phenoxy) is 1. The third-order valence-electron chi connectivity index (χ3n) is 6.44. The van der Waals surface area contributed by atoms with E-state index in [1.54, 1.807) is 0 Å². The van der Waals surface area contributed by atoms with E-state index in [1.807, 2.05) is 13.8 Å². The van der Waals surface area contributed by atoms with E-state index >= 15 is 0 Å². The molecule has 2 aliphatic rings. The number of nitrogens with two attached hydrogens (primary N) is 1. The van der Waals surface area contributed by atoms with E-state index in [1.165, 1.54) is 18.3 Å². The van der Waals surface area contributed by atoms with Gasteiger partial charge in [-0.05, 0) is 45.8 Å². The van der Waals surface area contributed by atoms with Gasteiger partial charge in [-0.25, -0.2) is 9.37 Å². The van der Waals surface area contributed by atoms with E-state index in [2.05, 4.69) is 26.6 Å². The number of benzene rings is 1. The predicted molar refractivity (Wildman–Crippen MR) is 125 cm³/mol. The summed E-state index contributed by atoms with van der Waals surface area (Å²) in [6.07, 6.45) is 3.30. The number of anilines is 1. The van der Waals surface area contributed by atoms with Crippen LogP contribution in [0.2, 0.25) is 0 Å². The van der Waals surface area contributed by atoms with Crippen molar-refractivity contribution in [3.05, 3.63) is 52.0 Å². The van der Waals surface area contributed by atoms with Gasteiger partial charge in [-0.2, -0.15) is 0 Å². The summed E-state index contributed by atoms with van der Waals surface area (Å²) in [5, 5.41) is 21.5. The minimum Gasteiger partial charge on any atom is -0.453 e. The molecule has 10 heteroatoms. The summed E-state index contributed by atoms with van der Waals surface area (Å²) in [6.45, 7) is 7.19. The minimum absolute atomic E-state index is 0.0936. The molecule has 0 radical (unpaired) electrons. The molecule has 9 nitrogen and oxygen atoms in total. The SMILES string of the molecule is CC(C)(C#Cc1c(Oc2ccc([N+](=O)[O-])cc2F)ccnc1N)N1C[C@@H](O)[C@H](N2CCCC2)C1. The Labute approximate surface area is 197 Å². The zero-order valence-corrected chi connectivity index (χ0v) is 19.2. The number of aromatic nitrogens is 1. The van der Waals surface area contributed by atoms with Gasteiger partial charge in [-0.1, -0.05) is 11.8 Å². The van der Waals surface area contributed by atoms with Gasteiger partial charge in [0.05, 0.1) is 22.6 Å². The van der Waals surface area contributed by atoms with Crippen molar-refractivity contribution in [1.82, 2.24) is 14.8 Å². The molecule has 2 atom stereocenters. The Morgan fingerprint density at radius 1 is 1.26 bits per heavy atom. The molecule has 1 aromatic carbocycles. The molecular formula is C24H28FN5O4. The van der Waals surface area contributed by atoms with Crippen LogP contribution in [0.15, 0.2) is 30.5 Å². The molecule has 0 amide bonds. The number of hydrogen-bond acceptors (Lipinski definition) is 8. The summed E-state index contributed by atoms with van der Waals surface area (Å²) in [5.41, 5.74) is 5.40. The molecule has 3 heterocycles. The number of rotatable bonds is 5. The molecule has 2 aliphatic heterocycles. The number of nitro benzene ring substituents is 1. The number of hydrogen-bond donors (Lipinski definition) is 2. The summed E-state index contributed by atoms with van der Waals surface area (Å²) in [6, 6.07) is 4.75. The second kappa shape index (κ2) is 9.54. The molecule has 2 saturated heterocycles. The third kappa shape index (κ3) is 4.97. The van der Waals surface area contributed by atoms with Crippen molar-refractivity contribution in [3.63, 3.8) is 0 Å². The molecule has 3 N–H and O–H groups in total. The quantitative estimate of drug-likeness (QED) is 0.390. The van der Waals surface area contributed by atoms with Crippen molar-refractivity contribution >= 4 is 11.5 Å². The number of halogens is 1. The number of likely N-dealkylation sites (tertiary alicyclic amines) is 2. The van der Waals surface area contributed by atoms with Crippen LogP contribution in [0.5, 0.6) is 11.5 Å². The number of nitrogens with zero attached hydrogens (tertiary/aromatic N) is 4. The van der Waals surface area contributed by atoms with Gasteiger partial charge in [-0.15, -0.1) is 0 Å². The van der Waals surface area contributed by atoms with Crippen LogP contribution < -0.4 is 10.5 Å². The molecule has 2 fully saturated rings. The van der Waals surface area contributed by atoms with E-state index in [-0.39, 0.29) is 29.0 Å². The Morgan fingerprint density at radius 3 is 2.68 bits per heavy atom. The second-order valence-corrected chi connectivity index (χ2v) is 9.13. The van der Waals surface area contributed by atoms with Gasteiger partial charge >= 0.3 is 0 Å². The van der Waals surface area contributed by atoms with Crippen molar-refractivity contribution < 1.29 is 19.2 Å². The van der Waals surface area contributed by atoms with E-state index < -0.39 is 22.4 Å². The van der Waals surface area contributed by atoms with E-state index in [4.69, 9.17) is 10.5 Å². The third-order valence-corrected chi connectivity index (χ3v) is 6.44. The summed E-state index contributed by atoms with van der Waals surface area (Å²) in [4.78, 5) is 18.7.